The molecule has 0 saturated heterocycles. The number of anilines is 1. The Morgan fingerprint density at radius 1 is 1.22 bits per heavy atom. The lowest BCUT2D eigenvalue weighted by Crippen LogP contribution is -2.45. The normalized spacial score (nSPS) is 11.6. The van der Waals surface area contributed by atoms with Gasteiger partial charge in [-0.25, -0.2) is 0 Å². The second-order valence-electron chi connectivity index (χ2n) is 5.52. The first kappa shape index (κ1) is 14.8. The highest BCUT2D eigenvalue weighted by Crippen LogP contribution is 2.35. The Morgan fingerprint density at radius 3 is 2.22 bits per heavy atom. The smallest absolute Gasteiger partial charge is 0.122 e. The summed E-state index contributed by atoms with van der Waals surface area (Å²) in [5.74, 6) is 0.920. The topological polar surface area (TPSA) is 32.7 Å². The lowest BCUT2D eigenvalue weighted by atomic mass is 9.97. The second kappa shape index (κ2) is 5.19. The number of nitrogens with zero attached hydrogens (tertiary/aromatic N) is 1. The maximum absolute atomic E-state index is 9.51. The number of benzene rings is 1. The maximum Gasteiger partial charge on any atom is 0.122 e. The van der Waals surface area contributed by atoms with Crippen molar-refractivity contribution in [1.82, 2.24) is 0 Å². The highest BCUT2D eigenvalue weighted by molar-refractivity contribution is 5.65. The summed E-state index contributed by atoms with van der Waals surface area (Å²) in [6.45, 7) is 10.4. The average molecular weight is 251 g/mol. The molecule has 1 aromatic rings. The van der Waals surface area contributed by atoms with E-state index in [9.17, 15) is 5.11 Å². The van der Waals surface area contributed by atoms with Crippen LogP contribution in [0.1, 0.15) is 30.5 Å². The first-order valence-corrected chi connectivity index (χ1v) is 6.25. The predicted molar refractivity (Wildman–Crippen MR) is 76.8 cm³/mol. The van der Waals surface area contributed by atoms with Crippen molar-refractivity contribution < 1.29 is 9.84 Å². The minimum absolute atomic E-state index is 0.119. The van der Waals surface area contributed by atoms with Crippen LogP contribution in [0.25, 0.3) is 0 Å². The summed E-state index contributed by atoms with van der Waals surface area (Å²) in [6.07, 6.45) is 0. The molecular weight excluding hydrogens is 226 g/mol. The first-order valence-electron chi connectivity index (χ1n) is 6.25. The predicted octanol–water partition coefficient (Wildman–Crippen LogP) is 2.83. The number of aliphatic hydroxyl groups excluding tert-OH is 1. The molecule has 0 unspecified atom stereocenters. The van der Waals surface area contributed by atoms with E-state index in [2.05, 4.69) is 31.7 Å². The van der Waals surface area contributed by atoms with E-state index < -0.39 is 0 Å². The Hall–Kier alpha value is -1.22. The molecule has 0 aliphatic carbocycles. The number of ether oxygens (including phenoxy) is 1. The van der Waals surface area contributed by atoms with Gasteiger partial charge < -0.3 is 14.7 Å². The Labute approximate surface area is 110 Å². The van der Waals surface area contributed by atoms with Crippen LogP contribution < -0.4 is 9.64 Å². The van der Waals surface area contributed by atoms with Crippen LogP contribution in [0, 0.1) is 20.8 Å². The van der Waals surface area contributed by atoms with E-state index in [1.165, 1.54) is 16.8 Å². The zero-order valence-corrected chi connectivity index (χ0v) is 12.6. The quantitative estimate of drug-likeness (QED) is 0.893. The summed E-state index contributed by atoms with van der Waals surface area (Å²) in [7, 11) is 3.72. The molecule has 0 heterocycles. The van der Waals surface area contributed by atoms with Crippen molar-refractivity contribution in [2.75, 3.05) is 25.7 Å². The molecule has 0 aliphatic heterocycles. The van der Waals surface area contributed by atoms with Crippen LogP contribution in [0.2, 0.25) is 0 Å². The maximum atomic E-state index is 9.51. The van der Waals surface area contributed by atoms with Gasteiger partial charge in [-0.2, -0.15) is 0 Å². The molecule has 3 heteroatoms. The van der Waals surface area contributed by atoms with Gasteiger partial charge in [-0.15, -0.1) is 0 Å². The zero-order chi connectivity index (χ0) is 14.1. The minimum atomic E-state index is -0.281. The third kappa shape index (κ3) is 2.46. The van der Waals surface area contributed by atoms with Crippen LogP contribution in [-0.2, 0) is 0 Å². The van der Waals surface area contributed by atoms with Crippen molar-refractivity contribution in [2.24, 2.45) is 0 Å². The highest BCUT2D eigenvalue weighted by Gasteiger charge is 2.26. The summed E-state index contributed by atoms with van der Waals surface area (Å²) in [5.41, 5.74) is 4.41. The van der Waals surface area contributed by atoms with Crippen molar-refractivity contribution in [3.63, 3.8) is 0 Å². The molecule has 0 aliphatic rings. The summed E-state index contributed by atoms with van der Waals surface area (Å²) in [4.78, 5) is 2.14. The molecule has 18 heavy (non-hydrogen) atoms. The number of aryl methyl sites for hydroxylation is 1. The summed E-state index contributed by atoms with van der Waals surface area (Å²) >= 11 is 0. The van der Waals surface area contributed by atoms with Gasteiger partial charge in [0.15, 0.2) is 0 Å². The van der Waals surface area contributed by atoms with Gasteiger partial charge in [0.25, 0.3) is 0 Å². The van der Waals surface area contributed by atoms with Crippen LogP contribution in [0.4, 0.5) is 5.69 Å². The number of methoxy groups -OCH3 is 1. The molecule has 0 bridgehead atoms. The van der Waals surface area contributed by atoms with Crippen LogP contribution >= 0.6 is 0 Å². The Bertz CT molecular complexity index is 439. The zero-order valence-electron chi connectivity index (χ0n) is 12.6. The molecule has 1 N–H and O–H groups in total. The third-order valence-electron chi connectivity index (χ3n) is 3.86. The summed E-state index contributed by atoms with van der Waals surface area (Å²) in [6, 6.07) is 2.06. The van der Waals surface area contributed by atoms with Crippen molar-refractivity contribution in [2.45, 2.75) is 40.2 Å². The molecule has 0 aromatic heterocycles. The minimum Gasteiger partial charge on any atom is -0.496 e. The molecule has 0 atom stereocenters. The van der Waals surface area contributed by atoms with Gasteiger partial charge in [0.1, 0.15) is 5.75 Å². The monoisotopic (exact) mass is 251 g/mol. The fourth-order valence-corrected chi connectivity index (χ4v) is 2.17. The molecule has 1 aromatic carbocycles. The lowest BCUT2D eigenvalue weighted by Gasteiger charge is -2.38. The van der Waals surface area contributed by atoms with Crippen molar-refractivity contribution in [1.29, 1.82) is 0 Å². The second-order valence-corrected chi connectivity index (χ2v) is 5.52. The van der Waals surface area contributed by atoms with E-state index in [0.717, 1.165) is 11.3 Å². The van der Waals surface area contributed by atoms with Crippen LogP contribution in [0.15, 0.2) is 6.07 Å². The molecule has 0 saturated carbocycles. The van der Waals surface area contributed by atoms with Gasteiger partial charge in [-0.1, -0.05) is 0 Å². The Morgan fingerprint density at radius 2 is 1.78 bits per heavy atom. The molecule has 0 spiro atoms. The fraction of sp³-hybridized carbons (Fsp3) is 0.600. The molecule has 102 valence electrons. The van der Waals surface area contributed by atoms with E-state index in [0.29, 0.717) is 0 Å². The number of likely N-dealkylation sites (N-methyl/N-ethyl adjacent to an activating group) is 1. The number of rotatable bonds is 4. The Balaban J connectivity index is 3.38. The Kier molecular flexibility index (Phi) is 4.28. The van der Waals surface area contributed by atoms with Gasteiger partial charge in [-0.3, -0.25) is 0 Å². The average Bonchev–Trinajstić information content (AvgIpc) is 2.33. The van der Waals surface area contributed by atoms with Crippen molar-refractivity contribution in [3.05, 3.63) is 22.8 Å². The fourth-order valence-electron chi connectivity index (χ4n) is 2.17. The SMILES string of the molecule is COc1cc(C)c(N(C)C(C)(C)CO)c(C)c1C. The molecule has 0 fully saturated rings. The highest BCUT2D eigenvalue weighted by atomic mass is 16.5. The standard InChI is InChI=1S/C15H25NO2/c1-10-8-13(18-7)11(2)12(3)14(10)16(6)15(4,5)9-17/h8,17H,9H2,1-7H3. The van der Waals surface area contributed by atoms with Gasteiger partial charge in [-0.05, 0) is 57.4 Å². The van der Waals surface area contributed by atoms with Gasteiger partial charge in [0.2, 0.25) is 0 Å². The number of hydrogen-bond donors (Lipinski definition) is 1. The lowest BCUT2D eigenvalue weighted by molar-refractivity contribution is 0.216. The molecular formula is C15H25NO2. The van der Waals surface area contributed by atoms with Gasteiger partial charge in [0.05, 0.1) is 19.3 Å². The van der Waals surface area contributed by atoms with Crippen LogP contribution in [0.5, 0.6) is 5.75 Å². The van der Waals surface area contributed by atoms with E-state index in [4.69, 9.17) is 4.74 Å². The first-order chi connectivity index (χ1) is 8.26. The summed E-state index contributed by atoms with van der Waals surface area (Å²) < 4.78 is 5.39. The van der Waals surface area contributed by atoms with E-state index in [-0.39, 0.29) is 12.1 Å². The summed E-state index contributed by atoms with van der Waals surface area (Å²) in [5, 5.41) is 9.51. The largest absolute Gasteiger partial charge is 0.496 e. The number of aliphatic hydroxyl groups is 1. The van der Waals surface area contributed by atoms with E-state index >= 15 is 0 Å². The molecule has 1 rings (SSSR count). The van der Waals surface area contributed by atoms with E-state index in [1.807, 2.05) is 20.9 Å². The van der Waals surface area contributed by atoms with Gasteiger partial charge >= 0.3 is 0 Å². The number of hydrogen-bond acceptors (Lipinski definition) is 3. The molecule has 0 amide bonds. The van der Waals surface area contributed by atoms with Crippen LogP contribution in [0.3, 0.4) is 0 Å². The van der Waals surface area contributed by atoms with E-state index in [1.54, 1.807) is 7.11 Å². The van der Waals surface area contributed by atoms with Crippen molar-refractivity contribution >= 4 is 5.69 Å². The molecule has 0 radical (unpaired) electrons. The van der Waals surface area contributed by atoms with Gasteiger partial charge in [0, 0.05) is 12.7 Å². The third-order valence-corrected chi connectivity index (χ3v) is 3.86. The molecule has 3 nitrogen and oxygen atoms in total. The van der Waals surface area contributed by atoms with Crippen molar-refractivity contribution in [3.8, 4) is 5.75 Å². The van der Waals surface area contributed by atoms with Crippen LogP contribution in [-0.4, -0.2) is 31.4 Å².